The molecule has 0 atom stereocenters. The number of hydrogen-bond donors (Lipinski definition) is 2. The maximum Gasteiger partial charge on any atom is 0.280 e. The average Bonchev–Trinajstić information content (AvgIpc) is 3.37. The van der Waals surface area contributed by atoms with Crippen LogP contribution in [0.4, 0.5) is 0 Å². The van der Waals surface area contributed by atoms with E-state index in [4.69, 9.17) is 11.6 Å². The summed E-state index contributed by atoms with van der Waals surface area (Å²) < 4.78 is 0. The molecule has 2 amide bonds. The summed E-state index contributed by atoms with van der Waals surface area (Å²) in [4.78, 5) is 34.9. The highest BCUT2D eigenvalue weighted by atomic mass is 35.5. The third kappa shape index (κ3) is 4.64. The minimum absolute atomic E-state index is 0.0115. The molecule has 1 aromatic heterocycles. The first kappa shape index (κ1) is 23.8. The standard InChI is InChI=1S/C27H28ClN3O3/c1-3-5-15-31(16-6-4-2)27(34)19-9-7-17(8-10-19)23-21-22(26(33)29-23)24(30-25(21)32)18-11-13-20(28)14-12-18/h7-14,29,33H,3-6,15-16H2,1-2H3. The number of nitrogens with zero attached hydrogens (tertiary/aromatic N) is 2. The molecule has 3 aromatic rings. The lowest BCUT2D eigenvalue weighted by Gasteiger charge is -2.22. The molecule has 0 spiro atoms. The first-order chi connectivity index (χ1) is 16.4. The van der Waals surface area contributed by atoms with Gasteiger partial charge in [-0.15, -0.1) is 0 Å². The first-order valence-corrected chi connectivity index (χ1v) is 12.1. The number of carbonyl (C=O) groups is 2. The molecule has 6 nitrogen and oxygen atoms in total. The first-order valence-electron chi connectivity index (χ1n) is 11.7. The van der Waals surface area contributed by atoms with Crippen LogP contribution in [-0.2, 0) is 0 Å². The van der Waals surface area contributed by atoms with Crippen molar-refractivity contribution in [3.8, 4) is 17.1 Å². The Morgan fingerprint density at radius 1 is 0.941 bits per heavy atom. The molecule has 0 unspecified atom stereocenters. The zero-order chi connectivity index (χ0) is 24.2. The molecule has 7 heteroatoms. The number of amides is 2. The van der Waals surface area contributed by atoms with E-state index in [1.807, 2.05) is 4.90 Å². The molecule has 0 aliphatic carbocycles. The number of aromatic nitrogens is 1. The highest BCUT2D eigenvalue weighted by Gasteiger charge is 2.33. The van der Waals surface area contributed by atoms with Gasteiger partial charge >= 0.3 is 0 Å². The second-order valence-corrected chi connectivity index (χ2v) is 8.88. The highest BCUT2D eigenvalue weighted by Crippen LogP contribution is 2.38. The number of nitrogens with one attached hydrogen (secondary N) is 1. The molecule has 0 radical (unpaired) electrons. The van der Waals surface area contributed by atoms with Crippen LogP contribution in [0, 0.1) is 0 Å². The van der Waals surface area contributed by atoms with E-state index in [-0.39, 0.29) is 11.8 Å². The smallest absolute Gasteiger partial charge is 0.280 e. The maximum absolute atomic E-state index is 13.1. The lowest BCUT2D eigenvalue weighted by Crippen LogP contribution is -2.32. The number of benzene rings is 2. The molecule has 1 aliphatic rings. The van der Waals surface area contributed by atoms with E-state index in [0.717, 1.165) is 38.8 Å². The minimum Gasteiger partial charge on any atom is -0.494 e. The van der Waals surface area contributed by atoms with Gasteiger partial charge < -0.3 is 15.0 Å². The molecular formula is C27H28ClN3O3. The normalized spacial score (nSPS) is 12.6. The Hall–Kier alpha value is -3.38. The third-order valence-corrected chi connectivity index (χ3v) is 6.28. The van der Waals surface area contributed by atoms with Gasteiger partial charge in [-0.25, -0.2) is 4.99 Å². The van der Waals surface area contributed by atoms with E-state index >= 15 is 0 Å². The Kier molecular flexibility index (Phi) is 7.17. The zero-order valence-corrected chi connectivity index (χ0v) is 20.2. The van der Waals surface area contributed by atoms with Gasteiger partial charge in [-0.3, -0.25) is 9.59 Å². The van der Waals surface area contributed by atoms with Crippen LogP contribution in [0.2, 0.25) is 5.02 Å². The van der Waals surface area contributed by atoms with E-state index in [1.165, 1.54) is 0 Å². The number of aromatic hydroxyl groups is 1. The van der Waals surface area contributed by atoms with Gasteiger partial charge in [0.15, 0.2) is 5.88 Å². The molecule has 2 aromatic carbocycles. The monoisotopic (exact) mass is 477 g/mol. The summed E-state index contributed by atoms with van der Waals surface area (Å²) in [5, 5.41) is 11.2. The van der Waals surface area contributed by atoms with Crippen LogP contribution in [0.15, 0.2) is 53.5 Å². The number of H-pyrrole nitrogens is 1. The summed E-state index contributed by atoms with van der Waals surface area (Å²) >= 11 is 5.98. The Morgan fingerprint density at radius 3 is 2.12 bits per heavy atom. The highest BCUT2D eigenvalue weighted by molar-refractivity contribution is 6.32. The van der Waals surface area contributed by atoms with Gasteiger partial charge in [0.1, 0.15) is 0 Å². The van der Waals surface area contributed by atoms with Crippen LogP contribution in [-0.4, -0.2) is 45.6 Å². The fourth-order valence-corrected chi connectivity index (χ4v) is 4.28. The molecule has 0 saturated heterocycles. The van der Waals surface area contributed by atoms with E-state index < -0.39 is 5.91 Å². The number of hydrogen-bond acceptors (Lipinski definition) is 3. The number of fused-ring (bicyclic) bond motifs is 1. The number of rotatable bonds is 9. The molecule has 2 N–H and O–H groups in total. The van der Waals surface area contributed by atoms with Gasteiger partial charge in [0.25, 0.3) is 11.8 Å². The number of carbonyl (C=O) groups excluding carboxylic acids is 2. The Labute approximate surface area is 204 Å². The van der Waals surface area contributed by atoms with Crippen LogP contribution in [0.1, 0.15) is 71.4 Å². The van der Waals surface area contributed by atoms with Gasteiger partial charge in [0.05, 0.1) is 22.5 Å². The topological polar surface area (TPSA) is 85.8 Å². The van der Waals surface area contributed by atoms with E-state index in [2.05, 4.69) is 23.8 Å². The van der Waals surface area contributed by atoms with Crippen molar-refractivity contribution in [1.82, 2.24) is 9.88 Å². The summed E-state index contributed by atoms with van der Waals surface area (Å²) in [5.74, 6) is -0.524. The van der Waals surface area contributed by atoms with Crippen molar-refractivity contribution in [2.45, 2.75) is 39.5 Å². The summed E-state index contributed by atoms with van der Waals surface area (Å²) in [6, 6.07) is 14.1. The molecule has 0 saturated carbocycles. The Morgan fingerprint density at radius 2 is 1.53 bits per heavy atom. The molecule has 34 heavy (non-hydrogen) atoms. The zero-order valence-electron chi connectivity index (χ0n) is 19.4. The summed E-state index contributed by atoms with van der Waals surface area (Å²) in [7, 11) is 0. The van der Waals surface area contributed by atoms with Gasteiger partial charge in [-0.2, -0.15) is 0 Å². The summed E-state index contributed by atoms with van der Waals surface area (Å²) in [6.07, 6.45) is 4.01. The van der Waals surface area contributed by atoms with Gasteiger partial charge in [0.2, 0.25) is 0 Å². The number of aromatic amines is 1. The average molecular weight is 478 g/mol. The molecule has 0 fully saturated rings. The van der Waals surface area contributed by atoms with Gasteiger partial charge in [0, 0.05) is 29.2 Å². The van der Waals surface area contributed by atoms with Crippen LogP contribution in [0.3, 0.4) is 0 Å². The predicted octanol–water partition coefficient (Wildman–Crippen LogP) is 6.07. The molecule has 0 bridgehead atoms. The largest absolute Gasteiger partial charge is 0.494 e. The van der Waals surface area contributed by atoms with Crippen molar-refractivity contribution in [3.63, 3.8) is 0 Å². The van der Waals surface area contributed by atoms with Crippen LogP contribution in [0.5, 0.6) is 5.88 Å². The molecule has 2 heterocycles. The van der Waals surface area contributed by atoms with E-state index in [9.17, 15) is 14.7 Å². The van der Waals surface area contributed by atoms with Crippen LogP contribution >= 0.6 is 11.6 Å². The lowest BCUT2D eigenvalue weighted by molar-refractivity contribution is 0.0751. The second-order valence-electron chi connectivity index (χ2n) is 8.45. The van der Waals surface area contributed by atoms with Crippen molar-refractivity contribution >= 4 is 29.1 Å². The van der Waals surface area contributed by atoms with Crippen LogP contribution in [0.25, 0.3) is 11.3 Å². The molecule has 176 valence electrons. The van der Waals surface area contributed by atoms with E-state index in [0.29, 0.717) is 44.2 Å². The molecular weight excluding hydrogens is 450 g/mol. The van der Waals surface area contributed by atoms with E-state index in [1.54, 1.807) is 48.5 Å². The quantitative estimate of drug-likeness (QED) is 0.392. The van der Waals surface area contributed by atoms with Crippen molar-refractivity contribution < 1.29 is 14.7 Å². The molecule has 4 rings (SSSR count). The number of aliphatic imine (C=N–C) groups is 1. The predicted molar refractivity (Wildman–Crippen MR) is 135 cm³/mol. The SMILES string of the molecule is CCCCN(CCCC)C(=O)c1ccc(-c2[nH]c(O)c3c2C(=O)N=C3c2ccc(Cl)cc2)cc1. The van der Waals surface area contributed by atoms with Crippen molar-refractivity contribution in [2.75, 3.05) is 13.1 Å². The Balaban J connectivity index is 1.62. The fraction of sp³-hybridized carbons (Fsp3) is 0.296. The fourth-order valence-electron chi connectivity index (χ4n) is 4.15. The van der Waals surface area contributed by atoms with Crippen molar-refractivity contribution in [1.29, 1.82) is 0 Å². The van der Waals surface area contributed by atoms with Crippen molar-refractivity contribution in [2.24, 2.45) is 4.99 Å². The van der Waals surface area contributed by atoms with Crippen molar-refractivity contribution in [3.05, 3.63) is 75.8 Å². The number of halogens is 1. The minimum atomic E-state index is -0.419. The summed E-state index contributed by atoms with van der Waals surface area (Å²) in [6.45, 7) is 5.72. The van der Waals surface area contributed by atoms with Crippen LogP contribution < -0.4 is 0 Å². The number of unbranched alkanes of at least 4 members (excludes halogenated alkanes) is 2. The Bertz CT molecular complexity index is 1220. The van der Waals surface area contributed by atoms with Gasteiger partial charge in [-0.05, 0) is 42.7 Å². The second kappa shape index (κ2) is 10.3. The maximum atomic E-state index is 13.1. The molecule has 1 aliphatic heterocycles. The third-order valence-electron chi connectivity index (χ3n) is 6.03. The van der Waals surface area contributed by atoms with Gasteiger partial charge in [-0.1, -0.05) is 62.6 Å². The summed E-state index contributed by atoms with van der Waals surface area (Å²) in [5.41, 5.74) is 3.60. The lowest BCUT2D eigenvalue weighted by atomic mass is 9.99.